The highest BCUT2D eigenvalue weighted by Crippen LogP contribution is 2.41. The number of nitrogens with one attached hydrogen (secondary N) is 2. The second-order valence-corrected chi connectivity index (χ2v) is 6.35. The van der Waals surface area contributed by atoms with E-state index in [4.69, 9.17) is 11.6 Å². The van der Waals surface area contributed by atoms with Gasteiger partial charge in [0.2, 0.25) is 0 Å². The largest absolute Gasteiger partial charge is 0.338 e. The Morgan fingerprint density at radius 2 is 2.30 bits per heavy atom. The van der Waals surface area contributed by atoms with Gasteiger partial charge in [0.15, 0.2) is 0 Å². The average Bonchev–Trinajstić information content (AvgIpc) is 3.09. The maximum atomic E-state index is 11.9. The van der Waals surface area contributed by atoms with Gasteiger partial charge in [-0.15, -0.1) is 0 Å². The molecular formula is C17H21ClN4O. The number of rotatable bonds is 7. The zero-order valence-electron chi connectivity index (χ0n) is 12.9. The van der Waals surface area contributed by atoms with Crippen molar-refractivity contribution >= 4 is 17.6 Å². The third-order valence-corrected chi connectivity index (χ3v) is 4.31. The number of aryl methyl sites for hydroxylation is 1. The SMILES string of the molecule is O=C(NCCCCn1ccnc1)NC1CC1c1cccc(Cl)c1. The van der Waals surface area contributed by atoms with E-state index in [1.807, 2.05) is 35.3 Å². The summed E-state index contributed by atoms with van der Waals surface area (Å²) in [6.45, 7) is 1.62. The highest BCUT2D eigenvalue weighted by Gasteiger charge is 2.39. The molecule has 0 saturated heterocycles. The van der Waals surface area contributed by atoms with Crippen LogP contribution in [0.4, 0.5) is 4.79 Å². The number of benzene rings is 1. The van der Waals surface area contributed by atoms with Crippen molar-refractivity contribution in [1.82, 2.24) is 20.2 Å². The van der Waals surface area contributed by atoms with Crippen LogP contribution in [0.1, 0.15) is 30.7 Å². The number of carbonyl (C=O) groups excluding carboxylic acids is 1. The van der Waals surface area contributed by atoms with E-state index in [0.717, 1.165) is 30.8 Å². The molecule has 6 heteroatoms. The van der Waals surface area contributed by atoms with Crippen LogP contribution in [0.25, 0.3) is 0 Å². The molecule has 3 rings (SSSR count). The van der Waals surface area contributed by atoms with Gasteiger partial charge in [-0.2, -0.15) is 0 Å². The molecular weight excluding hydrogens is 312 g/mol. The van der Waals surface area contributed by atoms with Crippen molar-refractivity contribution in [2.24, 2.45) is 0 Å². The van der Waals surface area contributed by atoms with Gasteiger partial charge in [0.05, 0.1) is 6.33 Å². The number of hydrogen-bond acceptors (Lipinski definition) is 2. The minimum Gasteiger partial charge on any atom is -0.338 e. The third kappa shape index (κ3) is 4.73. The molecule has 1 heterocycles. The highest BCUT2D eigenvalue weighted by molar-refractivity contribution is 6.30. The molecule has 2 N–H and O–H groups in total. The quantitative estimate of drug-likeness (QED) is 0.765. The lowest BCUT2D eigenvalue weighted by atomic mass is 10.1. The lowest BCUT2D eigenvalue weighted by molar-refractivity contribution is 0.240. The Bertz CT molecular complexity index is 644. The second kappa shape index (κ2) is 7.51. The molecule has 0 bridgehead atoms. The molecule has 1 saturated carbocycles. The summed E-state index contributed by atoms with van der Waals surface area (Å²) in [6.07, 6.45) is 8.48. The number of imidazole rings is 1. The van der Waals surface area contributed by atoms with E-state index in [1.54, 1.807) is 6.20 Å². The molecule has 0 spiro atoms. The fourth-order valence-electron chi connectivity index (χ4n) is 2.72. The van der Waals surface area contributed by atoms with Gasteiger partial charge in [-0.05, 0) is 37.0 Å². The molecule has 2 atom stereocenters. The van der Waals surface area contributed by atoms with E-state index in [9.17, 15) is 4.79 Å². The average molecular weight is 333 g/mol. The Balaban J connectivity index is 1.30. The molecule has 1 aromatic carbocycles. The van der Waals surface area contributed by atoms with Crippen LogP contribution in [0.2, 0.25) is 5.02 Å². The van der Waals surface area contributed by atoms with Gasteiger partial charge in [-0.1, -0.05) is 23.7 Å². The van der Waals surface area contributed by atoms with E-state index >= 15 is 0 Å². The van der Waals surface area contributed by atoms with Crippen LogP contribution in [0, 0.1) is 0 Å². The molecule has 23 heavy (non-hydrogen) atoms. The highest BCUT2D eigenvalue weighted by atomic mass is 35.5. The molecule has 2 unspecified atom stereocenters. The third-order valence-electron chi connectivity index (χ3n) is 4.07. The number of halogens is 1. The van der Waals surface area contributed by atoms with E-state index in [-0.39, 0.29) is 12.1 Å². The molecule has 1 aromatic heterocycles. The van der Waals surface area contributed by atoms with Gasteiger partial charge in [0.1, 0.15) is 0 Å². The number of nitrogens with zero attached hydrogens (tertiary/aromatic N) is 2. The first-order valence-electron chi connectivity index (χ1n) is 7.98. The first kappa shape index (κ1) is 15.9. The van der Waals surface area contributed by atoms with E-state index in [1.165, 1.54) is 5.56 Å². The number of urea groups is 1. The summed E-state index contributed by atoms with van der Waals surface area (Å²) in [5, 5.41) is 6.68. The first-order chi connectivity index (χ1) is 11.2. The summed E-state index contributed by atoms with van der Waals surface area (Å²) in [7, 11) is 0. The van der Waals surface area contributed by atoms with Crippen molar-refractivity contribution in [3.63, 3.8) is 0 Å². The van der Waals surface area contributed by atoms with Crippen molar-refractivity contribution in [2.75, 3.05) is 6.54 Å². The summed E-state index contributed by atoms with van der Waals surface area (Å²) < 4.78 is 2.04. The number of unbranched alkanes of at least 4 members (excludes halogenated alkanes) is 1. The van der Waals surface area contributed by atoms with E-state index in [2.05, 4.69) is 21.7 Å². The maximum Gasteiger partial charge on any atom is 0.315 e. The monoisotopic (exact) mass is 332 g/mol. The number of hydrogen-bond donors (Lipinski definition) is 2. The Morgan fingerprint density at radius 1 is 1.39 bits per heavy atom. The lowest BCUT2D eigenvalue weighted by Gasteiger charge is -2.08. The molecule has 2 aromatic rings. The van der Waals surface area contributed by atoms with Crippen molar-refractivity contribution in [3.05, 3.63) is 53.6 Å². The predicted molar refractivity (Wildman–Crippen MR) is 90.6 cm³/mol. The smallest absolute Gasteiger partial charge is 0.315 e. The molecule has 1 aliphatic rings. The molecule has 122 valence electrons. The topological polar surface area (TPSA) is 59.0 Å². The number of carbonyl (C=O) groups is 1. The van der Waals surface area contributed by atoms with Crippen LogP contribution >= 0.6 is 11.6 Å². The second-order valence-electron chi connectivity index (χ2n) is 5.91. The standard InChI is InChI=1S/C17H21ClN4O/c18-14-5-3-4-13(10-14)15-11-16(15)21-17(23)20-6-1-2-8-22-9-7-19-12-22/h3-5,7,9-10,12,15-16H,1-2,6,8,11H2,(H2,20,21,23). The summed E-state index contributed by atoms with van der Waals surface area (Å²) in [5.41, 5.74) is 1.20. The molecule has 1 aliphatic carbocycles. The van der Waals surface area contributed by atoms with E-state index < -0.39 is 0 Å². The molecule has 0 radical (unpaired) electrons. The summed E-state index contributed by atoms with van der Waals surface area (Å²) in [6, 6.07) is 8.00. The van der Waals surface area contributed by atoms with Crippen LogP contribution in [0.3, 0.4) is 0 Å². The normalized spacial score (nSPS) is 19.3. The van der Waals surface area contributed by atoms with Crippen LogP contribution in [0.5, 0.6) is 0 Å². The molecule has 1 fully saturated rings. The van der Waals surface area contributed by atoms with Crippen LogP contribution < -0.4 is 10.6 Å². The van der Waals surface area contributed by atoms with Crippen LogP contribution in [0.15, 0.2) is 43.0 Å². The van der Waals surface area contributed by atoms with Gasteiger partial charge in [-0.25, -0.2) is 9.78 Å². The van der Waals surface area contributed by atoms with Crippen LogP contribution in [-0.4, -0.2) is 28.2 Å². The zero-order valence-corrected chi connectivity index (χ0v) is 13.7. The minimum atomic E-state index is -0.0813. The Kier molecular flexibility index (Phi) is 5.18. The summed E-state index contributed by atoms with van der Waals surface area (Å²) in [4.78, 5) is 15.9. The van der Waals surface area contributed by atoms with Gasteiger partial charge < -0.3 is 15.2 Å². The fourth-order valence-corrected chi connectivity index (χ4v) is 2.92. The van der Waals surface area contributed by atoms with Gasteiger partial charge in [0.25, 0.3) is 0 Å². The lowest BCUT2D eigenvalue weighted by Crippen LogP contribution is -2.37. The van der Waals surface area contributed by atoms with Gasteiger partial charge >= 0.3 is 6.03 Å². The Hall–Kier alpha value is -2.01. The summed E-state index contributed by atoms with van der Waals surface area (Å²) >= 11 is 6.00. The zero-order chi connectivity index (χ0) is 16.1. The first-order valence-corrected chi connectivity index (χ1v) is 8.36. The fraction of sp³-hybridized carbons (Fsp3) is 0.412. The molecule has 0 aliphatic heterocycles. The van der Waals surface area contributed by atoms with E-state index in [0.29, 0.717) is 12.5 Å². The minimum absolute atomic E-state index is 0.0813. The maximum absolute atomic E-state index is 11.9. The number of amides is 2. The Labute approximate surface area is 141 Å². The van der Waals surface area contributed by atoms with Gasteiger partial charge in [-0.3, -0.25) is 0 Å². The molecule has 2 amide bonds. The van der Waals surface area contributed by atoms with Crippen molar-refractivity contribution in [3.8, 4) is 0 Å². The molecule has 5 nitrogen and oxygen atoms in total. The van der Waals surface area contributed by atoms with Crippen LogP contribution in [-0.2, 0) is 6.54 Å². The predicted octanol–water partition coefficient (Wildman–Crippen LogP) is 3.17. The van der Waals surface area contributed by atoms with Gasteiger partial charge in [0, 0.05) is 42.5 Å². The van der Waals surface area contributed by atoms with Crippen molar-refractivity contribution in [1.29, 1.82) is 0 Å². The number of aromatic nitrogens is 2. The van der Waals surface area contributed by atoms with Crippen molar-refractivity contribution < 1.29 is 4.79 Å². The Morgan fingerprint density at radius 3 is 3.09 bits per heavy atom. The van der Waals surface area contributed by atoms with Crippen molar-refractivity contribution in [2.45, 2.75) is 37.8 Å². The summed E-state index contributed by atoms with van der Waals surface area (Å²) in [5.74, 6) is 0.390.